The van der Waals surface area contributed by atoms with Crippen molar-refractivity contribution >= 4 is 60.5 Å². The second-order valence-electron chi connectivity index (χ2n) is 8.23. The van der Waals surface area contributed by atoms with E-state index in [1.165, 1.54) is 17.4 Å². The summed E-state index contributed by atoms with van der Waals surface area (Å²) in [5.41, 5.74) is 3.10. The number of piperazine rings is 1. The molecule has 1 fully saturated rings. The number of aromatic nitrogens is 2. The molecule has 1 saturated heterocycles. The average Bonchev–Trinajstić information content (AvgIpc) is 3.57. The van der Waals surface area contributed by atoms with Crippen molar-refractivity contribution in [2.24, 2.45) is 0 Å². The number of benzene rings is 2. The molecular weight excluding hydrogens is 482 g/mol. The van der Waals surface area contributed by atoms with E-state index in [-0.39, 0.29) is 11.6 Å². The summed E-state index contributed by atoms with van der Waals surface area (Å²) in [6.45, 7) is 2.43. The van der Waals surface area contributed by atoms with Gasteiger partial charge in [0.1, 0.15) is 0 Å². The Balaban J connectivity index is 1.24. The maximum atomic E-state index is 13.6. The molecule has 0 spiro atoms. The summed E-state index contributed by atoms with van der Waals surface area (Å²) in [5, 5.41) is 14.8. The molecule has 1 amide bonds. The Morgan fingerprint density at radius 1 is 0.943 bits per heavy atom. The predicted molar refractivity (Wildman–Crippen MR) is 139 cm³/mol. The van der Waals surface area contributed by atoms with Crippen LogP contribution >= 0.6 is 22.7 Å². The number of nitrogens with zero attached hydrogens (tertiary/aromatic N) is 5. The smallest absolute Gasteiger partial charge is 0.270 e. The highest BCUT2D eigenvalue weighted by Gasteiger charge is 2.26. The van der Waals surface area contributed by atoms with Crippen LogP contribution in [0.3, 0.4) is 0 Å². The van der Waals surface area contributed by atoms with Gasteiger partial charge in [-0.05, 0) is 29.6 Å². The average molecular weight is 502 g/mol. The Bertz CT molecular complexity index is 1570. The van der Waals surface area contributed by atoms with Gasteiger partial charge in [-0.1, -0.05) is 35.6 Å². The quantitative estimate of drug-likeness (QED) is 0.240. The molecule has 8 nitrogen and oxygen atoms in total. The van der Waals surface area contributed by atoms with E-state index in [4.69, 9.17) is 4.98 Å². The van der Waals surface area contributed by atoms with Crippen molar-refractivity contribution in [2.45, 2.75) is 0 Å². The number of hydrogen-bond acceptors (Lipinski definition) is 8. The van der Waals surface area contributed by atoms with E-state index in [0.717, 1.165) is 36.8 Å². The maximum Gasteiger partial charge on any atom is 0.270 e. The first kappa shape index (κ1) is 21.6. The van der Waals surface area contributed by atoms with Gasteiger partial charge in [0.25, 0.3) is 11.6 Å². The van der Waals surface area contributed by atoms with Crippen LogP contribution in [-0.2, 0) is 0 Å². The number of nitro benzene ring substituents is 1. The van der Waals surface area contributed by atoms with E-state index >= 15 is 0 Å². The minimum absolute atomic E-state index is 0.000908. The minimum atomic E-state index is -0.393. The molecule has 0 saturated carbocycles. The van der Waals surface area contributed by atoms with Crippen molar-refractivity contribution in [1.29, 1.82) is 0 Å². The van der Waals surface area contributed by atoms with Gasteiger partial charge >= 0.3 is 0 Å². The van der Waals surface area contributed by atoms with Crippen LogP contribution in [0.15, 0.2) is 66.0 Å². The molecule has 0 bridgehead atoms. The van der Waals surface area contributed by atoms with Gasteiger partial charge in [-0.25, -0.2) is 9.97 Å². The molecule has 4 heterocycles. The Morgan fingerprint density at radius 2 is 1.77 bits per heavy atom. The van der Waals surface area contributed by atoms with Gasteiger partial charge in [0.2, 0.25) is 0 Å². The van der Waals surface area contributed by atoms with Crippen LogP contribution in [-0.4, -0.2) is 51.9 Å². The maximum absolute atomic E-state index is 13.6. The van der Waals surface area contributed by atoms with Gasteiger partial charge in [-0.15, -0.1) is 11.3 Å². The molecule has 1 aliphatic heterocycles. The Morgan fingerprint density at radius 3 is 2.54 bits per heavy atom. The molecule has 1 aliphatic rings. The van der Waals surface area contributed by atoms with E-state index in [9.17, 15) is 14.9 Å². The summed E-state index contributed by atoms with van der Waals surface area (Å²) < 4.78 is 0.789. The molecule has 35 heavy (non-hydrogen) atoms. The number of thiophene rings is 1. The van der Waals surface area contributed by atoms with Crippen molar-refractivity contribution in [2.75, 3.05) is 31.1 Å². The zero-order valence-electron chi connectivity index (χ0n) is 18.5. The Hall–Kier alpha value is -3.89. The fraction of sp³-hybridized carbons (Fsp3) is 0.160. The molecule has 10 heteroatoms. The predicted octanol–water partition coefficient (Wildman–Crippen LogP) is 5.44. The van der Waals surface area contributed by atoms with Crippen LogP contribution in [0.5, 0.6) is 0 Å². The standard InChI is InChI=1S/C25H19N5O3S2/c31-24(18-15-21(22-6-3-13-34-22)26-19-5-2-1-4-17(18)19)28-9-11-29(12-10-28)25-27-20-8-7-16(30(32)33)14-23(20)35-25/h1-8,13-15H,9-12H2. The van der Waals surface area contributed by atoms with Crippen LogP contribution in [0.25, 0.3) is 31.7 Å². The number of fused-ring (bicyclic) bond motifs is 2. The second kappa shape index (κ2) is 8.71. The van der Waals surface area contributed by atoms with Gasteiger partial charge in [0, 0.05) is 43.7 Å². The largest absolute Gasteiger partial charge is 0.345 e. The number of thiazole rings is 1. The topological polar surface area (TPSA) is 92.5 Å². The highest BCUT2D eigenvalue weighted by atomic mass is 32.1. The minimum Gasteiger partial charge on any atom is -0.345 e. The molecule has 0 atom stereocenters. The number of pyridine rings is 1. The molecular formula is C25H19N5O3S2. The highest BCUT2D eigenvalue weighted by molar-refractivity contribution is 7.22. The number of non-ortho nitro benzene ring substituents is 1. The van der Waals surface area contributed by atoms with E-state index in [2.05, 4.69) is 9.88 Å². The number of rotatable bonds is 4. The van der Waals surface area contributed by atoms with Crippen molar-refractivity contribution in [3.8, 4) is 10.6 Å². The zero-order valence-corrected chi connectivity index (χ0v) is 20.1. The number of nitro groups is 1. The number of anilines is 1. The molecule has 3 aromatic heterocycles. The molecule has 0 aliphatic carbocycles. The number of carbonyl (C=O) groups is 1. The van der Waals surface area contributed by atoms with Crippen molar-refractivity contribution < 1.29 is 9.72 Å². The molecule has 174 valence electrons. The number of para-hydroxylation sites is 1. The summed E-state index contributed by atoms with van der Waals surface area (Å²) in [6.07, 6.45) is 0. The second-order valence-corrected chi connectivity index (χ2v) is 10.2. The molecule has 2 aromatic carbocycles. The van der Waals surface area contributed by atoms with E-state index < -0.39 is 4.92 Å². The summed E-state index contributed by atoms with van der Waals surface area (Å²) in [4.78, 5) is 38.8. The lowest BCUT2D eigenvalue weighted by molar-refractivity contribution is -0.384. The van der Waals surface area contributed by atoms with Gasteiger partial charge in [-0.2, -0.15) is 0 Å². The summed E-state index contributed by atoms with van der Waals surface area (Å²) >= 11 is 3.05. The fourth-order valence-electron chi connectivity index (χ4n) is 4.32. The first-order valence-corrected chi connectivity index (χ1v) is 12.8. The van der Waals surface area contributed by atoms with E-state index in [1.807, 2.05) is 52.7 Å². The van der Waals surface area contributed by atoms with Gasteiger partial charge in [0.15, 0.2) is 5.13 Å². The third-order valence-electron chi connectivity index (χ3n) is 6.13. The Labute approximate surface area is 208 Å². The number of amides is 1. The number of carbonyl (C=O) groups excluding carboxylic acids is 1. The zero-order chi connectivity index (χ0) is 23.9. The van der Waals surface area contributed by atoms with Crippen LogP contribution in [0.1, 0.15) is 10.4 Å². The van der Waals surface area contributed by atoms with Gasteiger partial charge in [-0.3, -0.25) is 14.9 Å². The van der Waals surface area contributed by atoms with Crippen molar-refractivity contribution in [3.63, 3.8) is 0 Å². The van der Waals surface area contributed by atoms with Crippen molar-refractivity contribution in [3.05, 3.63) is 81.7 Å². The molecule has 0 radical (unpaired) electrons. The van der Waals surface area contributed by atoms with Gasteiger partial charge in [0.05, 0.1) is 36.8 Å². The SMILES string of the molecule is O=C(c1cc(-c2cccs2)nc2ccccc12)N1CCN(c2nc3ccc([N+](=O)[O-])cc3s2)CC1. The van der Waals surface area contributed by atoms with Crippen LogP contribution in [0.4, 0.5) is 10.8 Å². The van der Waals surface area contributed by atoms with E-state index in [0.29, 0.717) is 31.7 Å². The molecule has 6 rings (SSSR count). The monoisotopic (exact) mass is 501 g/mol. The summed E-state index contributed by atoms with van der Waals surface area (Å²) in [7, 11) is 0. The van der Waals surface area contributed by atoms with Crippen LogP contribution < -0.4 is 4.90 Å². The van der Waals surface area contributed by atoms with E-state index in [1.54, 1.807) is 23.5 Å². The van der Waals surface area contributed by atoms with Crippen LogP contribution in [0, 0.1) is 10.1 Å². The summed E-state index contributed by atoms with van der Waals surface area (Å²) in [5.74, 6) is 0.000908. The normalized spacial score (nSPS) is 14.1. The molecule has 0 N–H and O–H groups in total. The Kier molecular flexibility index (Phi) is 5.39. The first-order chi connectivity index (χ1) is 17.1. The van der Waals surface area contributed by atoms with Gasteiger partial charge < -0.3 is 9.80 Å². The third kappa shape index (κ3) is 4.00. The first-order valence-electron chi connectivity index (χ1n) is 11.1. The fourth-order valence-corrected chi connectivity index (χ4v) is 6.06. The summed E-state index contributed by atoms with van der Waals surface area (Å²) in [6, 6.07) is 18.4. The van der Waals surface area contributed by atoms with Crippen molar-refractivity contribution in [1.82, 2.24) is 14.9 Å². The lowest BCUT2D eigenvalue weighted by Crippen LogP contribution is -2.48. The number of hydrogen-bond donors (Lipinski definition) is 0. The third-order valence-corrected chi connectivity index (χ3v) is 8.10. The lowest BCUT2D eigenvalue weighted by Gasteiger charge is -2.34. The molecule has 0 unspecified atom stereocenters. The lowest BCUT2D eigenvalue weighted by atomic mass is 10.1. The highest BCUT2D eigenvalue weighted by Crippen LogP contribution is 2.33. The van der Waals surface area contributed by atoms with Crippen LogP contribution in [0.2, 0.25) is 0 Å². The molecule has 5 aromatic rings.